The van der Waals surface area contributed by atoms with Gasteiger partial charge in [-0.05, 0) is 50.0 Å². The lowest BCUT2D eigenvalue weighted by Gasteiger charge is -2.41. The van der Waals surface area contributed by atoms with Crippen LogP contribution in [-0.2, 0) is 6.42 Å². The van der Waals surface area contributed by atoms with Crippen LogP contribution in [0.15, 0.2) is 67.2 Å². The standard InChI is InChI=1S/C20H28N6.C7H12O2/c1-14-13-25(9-10-26(14)19(22)12-21)20-16(3)15(2)18(23-24-20)11-17-7-5-4-6-8-17;1-4-6(2)7(3,9)5-8/h4-8,12,14H,9-11,13,21-22H2,1-3H3;4,8-9H,1-2,5H2,3H3/b19-12+;/t14-;/m1./s1. The zero-order valence-corrected chi connectivity index (χ0v) is 21.4. The summed E-state index contributed by atoms with van der Waals surface area (Å²) in [7, 11) is 0. The fourth-order valence-corrected chi connectivity index (χ4v) is 3.85. The van der Waals surface area contributed by atoms with Crippen LogP contribution in [0.1, 0.15) is 36.2 Å². The maximum absolute atomic E-state index is 9.17. The van der Waals surface area contributed by atoms with E-state index in [1.54, 1.807) is 0 Å². The number of benzene rings is 1. The Morgan fingerprint density at radius 3 is 2.37 bits per heavy atom. The topological polar surface area (TPSA) is 125 Å². The number of nitrogens with zero attached hydrogens (tertiary/aromatic N) is 4. The lowest BCUT2D eigenvalue weighted by Crippen LogP contribution is -2.53. The fraction of sp³-hybridized carbons (Fsp3) is 0.407. The number of nitrogens with two attached hydrogens (primary N) is 2. The van der Waals surface area contributed by atoms with Crippen LogP contribution in [-0.4, -0.2) is 63.2 Å². The van der Waals surface area contributed by atoms with Crippen molar-refractivity contribution >= 4 is 5.82 Å². The van der Waals surface area contributed by atoms with Crippen LogP contribution in [0.2, 0.25) is 0 Å². The van der Waals surface area contributed by atoms with Gasteiger partial charge in [0.25, 0.3) is 0 Å². The Labute approximate surface area is 209 Å². The van der Waals surface area contributed by atoms with Crippen LogP contribution in [0.5, 0.6) is 0 Å². The van der Waals surface area contributed by atoms with Crippen molar-refractivity contribution < 1.29 is 10.2 Å². The van der Waals surface area contributed by atoms with Gasteiger partial charge < -0.3 is 31.5 Å². The molecule has 0 spiro atoms. The number of aliphatic hydroxyl groups is 2. The Morgan fingerprint density at radius 1 is 1.20 bits per heavy atom. The largest absolute Gasteiger partial charge is 0.402 e. The number of hydrogen-bond acceptors (Lipinski definition) is 8. The van der Waals surface area contributed by atoms with E-state index in [0.717, 1.165) is 37.6 Å². The third-order valence-corrected chi connectivity index (χ3v) is 6.49. The van der Waals surface area contributed by atoms with Gasteiger partial charge in [0.05, 0.1) is 12.3 Å². The molecule has 2 heterocycles. The van der Waals surface area contributed by atoms with Crippen molar-refractivity contribution in [3.05, 3.63) is 89.5 Å². The van der Waals surface area contributed by atoms with E-state index in [2.05, 4.69) is 78.2 Å². The Morgan fingerprint density at radius 2 is 1.86 bits per heavy atom. The molecular weight excluding hydrogens is 440 g/mol. The number of aromatic nitrogens is 2. The van der Waals surface area contributed by atoms with E-state index in [1.165, 1.54) is 35.9 Å². The van der Waals surface area contributed by atoms with Crippen LogP contribution >= 0.6 is 0 Å². The van der Waals surface area contributed by atoms with E-state index in [9.17, 15) is 5.11 Å². The molecule has 3 rings (SSSR count). The molecule has 2 aromatic rings. The van der Waals surface area contributed by atoms with Crippen molar-refractivity contribution in [3.63, 3.8) is 0 Å². The van der Waals surface area contributed by atoms with Crippen LogP contribution in [0.25, 0.3) is 0 Å². The average Bonchev–Trinajstić information content (AvgIpc) is 2.86. The number of aliphatic hydroxyl groups excluding tert-OH is 1. The second-order valence-electron chi connectivity index (χ2n) is 9.12. The molecule has 0 aliphatic carbocycles. The molecule has 1 aromatic heterocycles. The number of hydrogen-bond donors (Lipinski definition) is 4. The normalized spacial score (nSPS) is 17.8. The van der Waals surface area contributed by atoms with Gasteiger partial charge in [0.1, 0.15) is 11.4 Å². The molecular formula is C27H40N6O2. The molecule has 1 aromatic carbocycles. The van der Waals surface area contributed by atoms with E-state index in [0.29, 0.717) is 11.4 Å². The summed E-state index contributed by atoms with van der Waals surface area (Å²) in [5.74, 6) is 1.61. The molecule has 0 saturated carbocycles. The number of anilines is 1. The van der Waals surface area contributed by atoms with Gasteiger partial charge in [0, 0.05) is 38.3 Å². The first kappa shape index (κ1) is 27.9. The molecule has 1 aliphatic rings. The highest BCUT2D eigenvalue weighted by Gasteiger charge is 2.27. The lowest BCUT2D eigenvalue weighted by molar-refractivity contribution is 0.0367. The van der Waals surface area contributed by atoms with Crippen LogP contribution in [0.4, 0.5) is 5.82 Å². The zero-order valence-electron chi connectivity index (χ0n) is 21.4. The summed E-state index contributed by atoms with van der Waals surface area (Å²) < 4.78 is 0. The van der Waals surface area contributed by atoms with Gasteiger partial charge in [0.15, 0.2) is 5.82 Å². The third-order valence-electron chi connectivity index (χ3n) is 6.49. The van der Waals surface area contributed by atoms with Crippen molar-refractivity contribution in [1.82, 2.24) is 15.1 Å². The summed E-state index contributed by atoms with van der Waals surface area (Å²) >= 11 is 0. The molecule has 190 valence electrons. The zero-order chi connectivity index (χ0) is 26.2. The Bertz CT molecular complexity index is 1040. The number of rotatable bonds is 7. The molecule has 1 fully saturated rings. The van der Waals surface area contributed by atoms with E-state index >= 15 is 0 Å². The van der Waals surface area contributed by atoms with Crippen molar-refractivity contribution in [1.29, 1.82) is 0 Å². The molecule has 2 atom stereocenters. The quantitative estimate of drug-likeness (QED) is 0.445. The van der Waals surface area contributed by atoms with E-state index < -0.39 is 5.60 Å². The van der Waals surface area contributed by atoms with Crippen LogP contribution in [0.3, 0.4) is 0 Å². The van der Waals surface area contributed by atoms with Gasteiger partial charge in [-0.3, -0.25) is 0 Å². The molecule has 0 radical (unpaired) electrons. The highest BCUT2D eigenvalue weighted by molar-refractivity contribution is 5.51. The molecule has 1 unspecified atom stereocenters. The molecule has 6 N–H and O–H groups in total. The summed E-state index contributed by atoms with van der Waals surface area (Å²) in [4.78, 5) is 4.43. The Balaban J connectivity index is 0.000000410. The van der Waals surface area contributed by atoms with Gasteiger partial charge >= 0.3 is 0 Å². The summed E-state index contributed by atoms with van der Waals surface area (Å²) in [6, 6.07) is 10.7. The van der Waals surface area contributed by atoms with E-state index in [1.807, 2.05) is 6.07 Å². The lowest BCUT2D eigenvalue weighted by atomic mass is 9.99. The smallest absolute Gasteiger partial charge is 0.154 e. The summed E-state index contributed by atoms with van der Waals surface area (Å²) in [6.07, 6.45) is 3.71. The molecule has 0 bridgehead atoms. The fourth-order valence-electron chi connectivity index (χ4n) is 3.85. The van der Waals surface area contributed by atoms with Gasteiger partial charge in [0.2, 0.25) is 0 Å². The van der Waals surface area contributed by atoms with Crippen LogP contribution in [0, 0.1) is 13.8 Å². The highest BCUT2D eigenvalue weighted by atomic mass is 16.3. The second-order valence-corrected chi connectivity index (χ2v) is 9.12. The molecule has 0 amide bonds. The minimum absolute atomic E-state index is 0.272. The summed E-state index contributed by atoms with van der Waals surface area (Å²) in [5, 5.41) is 26.8. The summed E-state index contributed by atoms with van der Waals surface area (Å²) in [5.41, 5.74) is 15.5. The van der Waals surface area contributed by atoms with Crippen molar-refractivity contribution in [2.24, 2.45) is 11.5 Å². The summed E-state index contributed by atoms with van der Waals surface area (Å²) in [6.45, 7) is 17.0. The Kier molecular flexibility index (Phi) is 9.86. The van der Waals surface area contributed by atoms with Gasteiger partial charge in [-0.2, -0.15) is 5.10 Å². The molecule has 1 saturated heterocycles. The first-order chi connectivity index (χ1) is 16.5. The molecule has 8 heteroatoms. The third kappa shape index (κ3) is 7.07. The molecule has 8 nitrogen and oxygen atoms in total. The Hall–Kier alpha value is -3.36. The predicted octanol–water partition coefficient (Wildman–Crippen LogP) is 2.38. The minimum Gasteiger partial charge on any atom is -0.402 e. The SMILES string of the molecule is C=CC(=C)C(C)(O)CO.Cc1c(Cc2ccccc2)nnc(N2CCN(/C(N)=C/N)[C@H](C)C2)c1C. The molecule has 1 aliphatic heterocycles. The van der Waals surface area contributed by atoms with Crippen molar-refractivity contribution in [2.45, 2.75) is 45.8 Å². The van der Waals surface area contributed by atoms with E-state index in [-0.39, 0.29) is 12.6 Å². The maximum Gasteiger partial charge on any atom is 0.154 e. The van der Waals surface area contributed by atoms with Crippen LogP contribution < -0.4 is 16.4 Å². The second kappa shape index (κ2) is 12.4. The first-order valence-electron chi connectivity index (χ1n) is 11.8. The van der Waals surface area contributed by atoms with Gasteiger partial charge in [-0.15, -0.1) is 5.10 Å². The predicted molar refractivity (Wildman–Crippen MR) is 143 cm³/mol. The van der Waals surface area contributed by atoms with Gasteiger partial charge in [-0.1, -0.05) is 49.6 Å². The van der Waals surface area contributed by atoms with E-state index in [4.69, 9.17) is 16.6 Å². The number of piperazine rings is 1. The van der Waals surface area contributed by atoms with Crippen molar-refractivity contribution in [3.8, 4) is 0 Å². The minimum atomic E-state index is -1.21. The van der Waals surface area contributed by atoms with Gasteiger partial charge in [-0.25, -0.2) is 0 Å². The average molecular weight is 481 g/mol. The maximum atomic E-state index is 9.17. The monoisotopic (exact) mass is 480 g/mol. The van der Waals surface area contributed by atoms with Crippen molar-refractivity contribution in [2.75, 3.05) is 31.1 Å². The first-order valence-corrected chi connectivity index (χ1v) is 11.8. The molecule has 35 heavy (non-hydrogen) atoms. The highest BCUT2D eigenvalue weighted by Crippen LogP contribution is 2.25.